The Bertz CT molecular complexity index is 1440. The van der Waals surface area contributed by atoms with Crippen LogP contribution in [0.5, 0.6) is 0 Å². The molecule has 0 radical (unpaired) electrons. The Balaban J connectivity index is 1.68. The maximum Gasteiger partial charge on any atom is 0.264 e. The predicted octanol–water partition coefficient (Wildman–Crippen LogP) is 6.40. The number of halogens is 2. The molecule has 1 amide bonds. The predicted molar refractivity (Wildman–Crippen MR) is 145 cm³/mol. The lowest BCUT2D eigenvalue weighted by atomic mass is 9.98. The van der Waals surface area contributed by atoms with Gasteiger partial charge in [-0.2, -0.15) is 0 Å². The highest BCUT2D eigenvalue weighted by atomic mass is 35.5. The molecule has 1 unspecified atom stereocenters. The number of aryl methyl sites for hydroxylation is 1. The summed E-state index contributed by atoms with van der Waals surface area (Å²) in [6.07, 6.45) is 0. The van der Waals surface area contributed by atoms with Crippen LogP contribution in [0.15, 0.2) is 108 Å². The second-order valence-corrected chi connectivity index (χ2v) is 11.0. The van der Waals surface area contributed by atoms with E-state index in [1.165, 1.54) is 30.3 Å². The number of nitrogens with one attached hydrogen (secondary N) is 1. The van der Waals surface area contributed by atoms with Crippen LogP contribution in [0.25, 0.3) is 0 Å². The Morgan fingerprint density at radius 2 is 1.44 bits per heavy atom. The fraction of sp³-hybridized carbons (Fsp3) is 0.107. The first-order chi connectivity index (χ1) is 17.2. The molecule has 0 saturated carbocycles. The van der Waals surface area contributed by atoms with Crippen LogP contribution in [0.2, 0.25) is 10.0 Å². The van der Waals surface area contributed by atoms with E-state index in [4.69, 9.17) is 23.2 Å². The zero-order valence-corrected chi connectivity index (χ0v) is 21.8. The van der Waals surface area contributed by atoms with Crippen molar-refractivity contribution in [1.29, 1.82) is 0 Å². The maximum atomic E-state index is 13.6. The number of hydrogen-bond acceptors (Lipinski definition) is 3. The van der Waals surface area contributed by atoms with Crippen LogP contribution >= 0.6 is 23.2 Å². The molecule has 184 valence electrons. The van der Waals surface area contributed by atoms with Gasteiger partial charge in [0.25, 0.3) is 10.0 Å². The number of rotatable bonds is 8. The van der Waals surface area contributed by atoms with Gasteiger partial charge in [0.05, 0.1) is 16.6 Å². The Morgan fingerprint density at radius 1 is 0.806 bits per heavy atom. The first-order valence-corrected chi connectivity index (χ1v) is 13.4. The van der Waals surface area contributed by atoms with Crippen LogP contribution in [-0.2, 0) is 14.8 Å². The summed E-state index contributed by atoms with van der Waals surface area (Å²) < 4.78 is 28.3. The Kier molecular flexibility index (Phi) is 7.99. The molecule has 1 atom stereocenters. The molecule has 0 aromatic heterocycles. The number of amides is 1. The summed E-state index contributed by atoms with van der Waals surface area (Å²) in [5.41, 5.74) is 3.14. The standard InChI is InChI=1S/C28H24Cl2N2O3S/c1-20-10-12-22(13-11-20)28(21-6-3-2-4-7-21)31-27(33)19-32(25-9-5-8-24(30)18-25)36(34,35)26-16-14-23(29)15-17-26/h2-18,28H,19H2,1H3,(H,31,33). The second kappa shape index (κ2) is 11.2. The molecule has 0 aliphatic carbocycles. The van der Waals surface area contributed by atoms with Gasteiger partial charge >= 0.3 is 0 Å². The van der Waals surface area contributed by atoms with Crippen molar-refractivity contribution in [2.24, 2.45) is 0 Å². The molecule has 8 heteroatoms. The summed E-state index contributed by atoms with van der Waals surface area (Å²) in [5, 5.41) is 3.78. The van der Waals surface area contributed by atoms with E-state index in [2.05, 4.69) is 5.32 Å². The third kappa shape index (κ3) is 6.08. The summed E-state index contributed by atoms with van der Waals surface area (Å²) in [7, 11) is -4.10. The number of carbonyl (C=O) groups is 1. The molecular weight excluding hydrogens is 515 g/mol. The number of hydrogen-bond donors (Lipinski definition) is 1. The third-order valence-corrected chi connectivity index (χ3v) is 7.91. The minimum atomic E-state index is -4.10. The van der Waals surface area contributed by atoms with Gasteiger partial charge in [-0.3, -0.25) is 9.10 Å². The van der Waals surface area contributed by atoms with Gasteiger partial charge in [0.15, 0.2) is 0 Å². The zero-order chi connectivity index (χ0) is 25.7. The summed E-state index contributed by atoms with van der Waals surface area (Å²) in [6, 6.07) is 29.1. The first kappa shape index (κ1) is 25.8. The molecule has 0 fully saturated rings. The van der Waals surface area contributed by atoms with E-state index in [1.807, 2.05) is 61.5 Å². The van der Waals surface area contributed by atoms with Crippen molar-refractivity contribution in [3.8, 4) is 0 Å². The van der Waals surface area contributed by atoms with E-state index in [1.54, 1.807) is 18.2 Å². The Labute approximate surface area is 221 Å². The topological polar surface area (TPSA) is 66.5 Å². The molecule has 0 saturated heterocycles. The number of sulfonamides is 1. The minimum Gasteiger partial charge on any atom is -0.344 e. The van der Waals surface area contributed by atoms with Gasteiger partial charge in [0, 0.05) is 10.0 Å². The smallest absolute Gasteiger partial charge is 0.264 e. The molecule has 1 N–H and O–H groups in total. The van der Waals surface area contributed by atoms with Crippen molar-refractivity contribution in [3.05, 3.63) is 130 Å². The highest BCUT2D eigenvalue weighted by Gasteiger charge is 2.28. The molecular formula is C28H24Cl2N2O3S. The molecule has 36 heavy (non-hydrogen) atoms. The summed E-state index contributed by atoms with van der Waals surface area (Å²) >= 11 is 12.1. The average Bonchev–Trinajstić information content (AvgIpc) is 2.87. The van der Waals surface area contributed by atoms with Crippen LogP contribution < -0.4 is 9.62 Å². The van der Waals surface area contributed by atoms with Crippen molar-refractivity contribution in [3.63, 3.8) is 0 Å². The lowest BCUT2D eigenvalue weighted by molar-refractivity contribution is -0.120. The van der Waals surface area contributed by atoms with Crippen LogP contribution in [0.4, 0.5) is 5.69 Å². The molecule has 0 bridgehead atoms. The van der Waals surface area contributed by atoms with Gasteiger partial charge in [-0.25, -0.2) is 8.42 Å². The van der Waals surface area contributed by atoms with Gasteiger partial charge in [0.2, 0.25) is 5.91 Å². The number of carbonyl (C=O) groups excluding carboxylic acids is 1. The van der Waals surface area contributed by atoms with Gasteiger partial charge in [0.1, 0.15) is 6.54 Å². The highest BCUT2D eigenvalue weighted by Crippen LogP contribution is 2.28. The normalized spacial score (nSPS) is 12.1. The van der Waals surface area contributed by atoms with Crippen LogP contribution in [0.3, 0.4) is 0 Å². The molecule has 4 aromatic carbocycles. The minimum absolute atomic E-state index is 0.0119. The van der Waals surface area contributed by atoms with Crippen molar-refractivity contribution >= 4 is 44.8 Å². The third-order valence-electron chi connectivity index (χ3n) is 5.63. The summed E-state index contributed by atoms with van der Waals surface area (Å²) in [6.45, 7) is 1.55. The van der Waals surface area contributed by atoms with Crippen molar-refractivity contribution in [2.45, 2.75) is 17.9 Å². The number of nitrogens with zero attached hydrogens (tertiary/aromatic N) is 1. The fourth-order valence-corrected chi connectivity index (χ4v) is 5.50. The van der Waals surface area contributed by atoms with Crippen LogP contribution in [0, 0.1) is 6.92 Å². The van der Waals surface area contributed by atoms with Crippen LogP contribution in [0.1, 0.15) is 22.7 Å². The number of benzene rings is 4. The van der Waals surface area contributed by atoms with Gasteiger partial charge in [-0.05, 0) is 60.5 Å². The quantitative estimate of drug-likeness (QED) is 0.282. The zero-order valence-electron chi connectivity index (χ0n) is 19.4. The van der Waals surface area contributed by atoms with E-state index in [0.717, 1.165) is 21.0 Å². The van der Waals surface area contributed by atoms with Crippen molar-refractivity contribution in [1.82, 2.24) is 5.32 Å². The first-order valence-electron chi connectivity index (χ1n) is 11.2. The molecule has 4 rings (SSSR count). The van der Waals surface area contributed by atoms with Gasteiger partial charge in [-0.15, -0.1) is 0 Å². The average molecular weight is 539 g/mol. The number of anilines is 1. The van der Waals surface area contributed by atoms with E-state index in [0.29, 0.717) is 10.0 Å². The SMILES string of the molecule is Cc1ccc(C(NC(=O)CN(c2cccc(Cl)c2)S(=O)(=O)c2ccc(Cl)cc2)c2ccccc2)cc1. The molecule has 0 aliphatic rings. The van der Waals surface area contributed by atoms with E-state index in [9.17, 15) is 13.2 Å². The van der Waals surface area contributed by atoms with Crippen molar-refractivity contribution in [2.75, 3.05) is 10.8 Å². The lowest BCUT2D eigenvalue weighted by Crippen LogP contribution is -2.42. The fourth-order valence-electron chi connectivity index (χ4n) is 3.78. The van der Waals surface area contributed by atoms with E-state index in [-0.39, 0.29) is 10.6 Å². The highest BCUT2D eigenvalue weighted by molar-refractivity contribution is 7.92. The van der Waals surface area contributed by atoms with Gasteiger partial charge < -0.3 is 5.32 Å². The molecule has 0 spiro atoms. The Hall–Kier alpha value is -3.32. The molecule has 0 aliphatic heterocycles. The summed E-state index contributed by atoms with van der Waals surface area (Å²) in [5.74, 6) is -0.470. The Morgan fingerprint density at radius 3 is 2.08 bits per heavy atom. The largest absolute Gasteiger partial charge is 0.344 e. The maximum absolute atomic E-state index is 13.6. The lowest BCUT2D eigenvalue weighted by Gasteiger charge is -2.26. The summed E-state index contributed by atoms with van der Waals surface area (Å²) in [4.78, 5) is 13.4. The van der Waals surface area contributed by atoms with Crippen LogP contribution in [-0.4, -0.2) is 20.9 Å². The van der Waals surface area contributed by atoms with Crippen molar-refractivity contribution < 1.29 is 13.2 Å². The molecule has 5 nitrogen and oxygen atoms in total. The monoisotopic (exact) mass is 538 g/mol. The second-order valence-electron chi connectivity index (χ2n) is 8.27. The molecule has 4 aromatic rings. The van der Waals surface area contributed by atoms with E-state index >= 15 is 0 Å². The van der Waals surface area contributed by atoms with Gasteiger partial charge in [-0.1, -0.05) is 89.4 Å². The van der Waals surface area contributed by atoms with E-state index < -0.39 is 28.5 Å². The molecule has 0 heterocycles.